The second kappa shape index (κ2) is 5.42. The molecule has 0 fully saturated rings. The van der Waals surface area contributed by atoms with Crippen LogP contribution in [0.2, 0.25) is 0 Å². The fourth-order valence-electron chi connectivity index (χ4n) is 1.21. The van der Waals surface area contributed by atoms with E-state index in [4.69, 9.17) is 4.74 Å². The molecule has 0 spiro atoms. The van der Waals surface area contributed by atoms with Crippen LogP contribution in [0.25, 0.3) is 0 Å². The molecule has 0 atom stereocenters. The lowest BCUT2D eigenvalue weighted by molar-refractivity contribution is -0.137. The molecule has 0 aromatic carbocycles. The van der Waals surface area contributed by atoms with Gasteiger partial charge in [0.05, 0.1) is 18.7 Å². The molecular formula is C10H16N2O2. The number of nitrogens with zero attached hydrogens (tertiary/aromatic N) is 2. The van der Waals surface area contributed by atoms with Crippen molar-refractivity contribution >= 4 is 12.2 Å². The predicted octanol–water partition coefficient (Wildman–Crippen LogP) is 0.840. The van der Waals surface area contributed by atoms with E-state index < -0.39 is 0 Å². The van der Waals surface area contributed by atoms with E-state index >= 15 is 0 Å². The van der Waals surface area contributed by atoms with Crippen molar-refractivity contribution in [2.24, 2.45) is 4.99 Å². The lowest BCUT2D eigenvalue weighted by atomic mass is 10.3. The summed E-state index contributed by atoms with van der Waals surface area (Å²) in [6.45, 7) is 6.71. The van der Waals surface area contributed by atoms with Crippen LogP contribution in [0.3, 0.4) is 0 Å². The number of rotatable bonds is 3. The topological polar surface area (TPSA) is 41.9 Å². The van der Waals surface area contributed by atoms with Crippen molar-refractivity contribution in [2.45, 2.75) is 13.8 Å². The maximum Gasteiger partial charge on any atom is 0.341 e. The van der Waals surface area contributed by atoms with Gasteiger partial charge in [0.2, 0.25) is 0 Å². The summed E-state index contributed by atoms with van der Waals surface area (Å²) in [5.74, 6) is -0.295. The summed E-state index contributed by atoms with van der Waals surface area (Å²) < 4.78 is 4.90. The van der Waals surface area contributed by atoms with Gasteiger partial charge in [-0.05, 0) is 13.8 Å². The van der Waals surface area contributed by atoms with Crippen LogP contribution in [0.4, 0.5) is 0 Å². The lowest BCUT2D eigenvalue weighted by Crippen LogP contribution is -2.20. The van der Waals surface area contributed by atoms with Gasteiger partial charge in [0.15, 0.2) is 0 Å². The molecule has 0 aromatic heterocycles. The van der Waals surface area contributed by atoms with Crippen molar-refractivity contribution in [3.63, 3.8) is 0 Å². The van der Waals surface area contributed by atoms with Crippen LogP contribution in [0.5, 0.6) is 0 Å². The van der Waals surface area contributed by atoms with E-state index in [0.29, 0.717) is 12.2 Å². The number of hydrogen-bond acceptors (Lipinski definition) is 4. The molecule has 78 valence electrons. The quantitative estimate of drug-likeness (QED) is 0.628. The normalized spacial score (nSPS) is 16.1. The van der Waals surface area contributed by atoms with Gasteiger partial charge in [0.1, 0.15) is 0 Å². The van der Waals surface area contributed by atoms with Crippen LogP contribution in [0.15, 0.2) is 16.8 Å². The van der Waals surface area contributed by atoms with E-state index in [0.717, 1.165) is 19.6 Å². The third-order valence-corrected chi connectivity index (χ3v) is 1.99. The van der Waals surface area contributed by atoms with Crippen LogP contribution in [0, 0.1) is 0 Å². The minimum atomic E-state index is -0.295. The highest BCUT2D eigenvalue weighted by atomic mass is 16.5. The lowest BCUT2D eigenvalue weighted by Gasteiger charge is -2.15. The van der Waals surface area contributed by atoms with Crippen LogP contribution in [-0.4, -0.2) is 43.3 Å². The van der Waals surface area contributed by atoms with Crippen molar-refractivity contribution in [2.75, 3.05) is 26.2 Å². The van der Waals surface area contributed by atoms with E-state index in [1.54, 1.807) is 13.1 Å². The van der Waals surface area contributed by atoms with Gasteiger partial charge in [-0.25, -0.2) is 4.79 Å². The molecule has 0 radical (unpaired) electrons. The Labute approximate surface area is 84.3 Å². The number of hydrogen-bond donors (Lipinski definition) is 0. The molecule has 1 rings (SSSR count). The summed E-state index contributed by atoms with van der Waals surface area (Å²) in [5, 5.41) is 0. The summed E-state index contributed by atoms with van der Waals surface area (Å²) in [5.41, 5.74) is 0.534. The Balaban J connectivity index is 2.71. The van der Waals surface area contributed by atoms with E-state index in [1.807, 2.05) is 13.1 Å². The first kappa shape index (κ1) is 10.8. The summed E-state index contributed by atoms with van der Waals surface area (Å²) in [4.78, 5) is 17.6. The Bertz CT molecular complexity index is 259. The largest absolute Gasteiger partial charge is 0.462 e. The smallest absolute Gasteiger partial charge is 0.341 e. The predicted molar refractivity (Wildman–Crippen MR) is 55.3 cm³/mol. The van der Waals surface area contributed by atoms with Crippen LogP contribution in [-0.2, 0) is 9.53 Å². The zero-order valence-electron chi connectivity index (χ0n) is 8.69. The van der Waals surface area contributed by atoms with Crippen LogP contribution < -0.4 is 0 Å². The van der Waals surface area contributed by atoms with Gasteiger partial charge < -0.3 is 9.64 Å². The fraction of sp³-hybridized carbons (Fsp3) is 0.600. The number of ether oxygens (including phenoxy) is 1. The van der Waals surface area contributed by atoms with E-state index in [2.05, 4.69) is 9.89 Å². The van der Waals surface area contributed by atoms with Gasteiger partial charge in [0.25, 0.3) is 0 Å². The van der Waals surface area contributed by atoms with Gasteiger partial charge in [0, 0.05) is 25.5 Å². The third kappa shape index (κ3) is 2.87. The van der Waals surface area contributed by atoms with E-state index in [-0.39, 0.29) is 5.97 Å². The molecule has 1 aliphatic heterocycles. The fourth-order valence-corrected chi connectivity index (χ4v) is 1.21. The van der Waals surface area contributed by atoms with Crippen molar-refractivity contribution in [3.05, 3.63) is 11.8 Å². The summed E-state index contributed by atoms with van der Waals surface area (Å²) in [6, 6.07) is 0. The highest BCUT2D eigenvalue weighted by molar-refractivity contribution is 6.09. The standard InChI is InChI=1S/C10H16N2O2/c1-3-12-6-5-11-7-9(8-12)10(13)14-4-2/h7-8H,3-6H2,1-2H3. The first-order valence-corrected chi connectivity index (χ1v) is 4.90. The SMILES string of the molecule is CCOC(=O)C1=CN(CC)CCN=C1. The van der Waals surface area contributed by atoms with Crippen molar-refractivity contribution < 1.29 is 9.53 Å². The summed E-state index contributed by atoms with van der Waals surface area (Å²) in [7, 11) is 0. The molecule has 0 bridgehead atoms. The number of aliphatic imine (C=N–C) groups is 1. The van der Waals surface area contributed by atoms with Gasteiger partial charge in [-0.1, -0.05) is 0 Å². The summed E-state index contributed by atoms with van der Waals surface area (Å²) >= 11 is 0. The number of esters is 1. The second-order valence-corrected chi connectivity index (χ2v) is 2.97. The van der Waals surface area contributed by atoms with Crippen molar-refractivity contribution in [1.82, 2.24) is 4.90 Å². The molecule has 0 unspecified atom stereocenters. The molecule has 1 aliphatic rings. The third-order valence-electron chi connectivity index (χ3n) is 1.99. The molecule has 0 N–H and O–H groups in total. The van der Waals surface area contributed by atoms with Gasteiger partial charge in [-0.15, -0.1) is 0 Å². The van der Waals surface area contributed by atoms with Crippen molar-refractivity contribution in [1.29, 1.82) is 0 Å². The zero-order valence-corrected chi connectivity index (χ0v) is 8.69. The second-order valence-electron chi connectivity index (χ2n) is 2.97. The average molecular weight is 196 g/mol. The Hall–Kier alpha value is -1.32. The first-order valence-electron chi connectivity index (χ1n) is 4.90. The molecule has 0 saturated carbocycles. The van der Waals surface area contributed by atoms with Gasteiger partial charge in [-0.2, -0.15) is 0 Å². The van der Waals surface area contributed by atoms with Crippen molar-refractivity contribution in [3.8, 4) is 0 Å². The Morgan fingerprint density at radius 1 is 1.64 bits per heavy atom. The molecular weight excluding hydrogens is 180 g/mol. The highest BCUT2D eigenvalue weighted by Gasteiger charge is 2.11. The van der Waals surface area contributed by atoms with Crippen LogP contribution in [0.1, 0.15) is 13.8 Å². The minimum absolute atomic E-state index is 0.295. The molecule has 0 saturated heterocycles. The highest BCUT2D eigenvalue weighted by Crippen LogP contribution is 2.03. The Kier molecular flexibility index (Phi) is 4.16. The van der Waals surface area contributed by atoms with Gasteiger partial charge >= 0.3 is 5.97 Å². The number of carbonyl (C=O) groups excluding carboxylic acids is 1. The van der Waals surface area contributed by atoms with Gasteiger partial charge in [-0.3, -0.25) is 4.99 Å². The Morgan fingerprint density at radius 3 is 3.07 bits per heavy atom. The first-order chi connectivity index (χ1) is 6.77. The Morgan fingerprint density at radius 2 is 2.43 bits per heavy atom. The van der Waals surface area contributed by atoms with E-state index in [9.17, 15) is 4.79 Å². The van der Waals surface area contributed by atoms with Crippen LogP contribution >= 0.6 is 0 Å². The molecule has 0 aromatic rings. The average Bonchev–Trinajstić information content (AvgIpc) is 2.43. The zero-order chi connectivity index (χ0) is 10.4. The maximum absolute atomic E-state index is 11.4. The molecule has 14 heavy (non-hydrogen) atoms. The summed E-state index contributed by atoms with van der Waals surface area (Å²) in [6.07, 6.45) is 3.40. The maximum atomic E-state index is 11.4. The number of likely N-dealkylation sites (N-methyl/N-ethyl adjacent to an activating group) is 1. The molecule has 4 heteroatoms. The number of carbonyl (C=O) groups is 1. The molecule has 0 amide bonds. The minimum Gasteiger partial charge on any atom is -0.462 e. The van der Waals surface area contributed by atoms with E-state index in [1.165, 1.54) is 0 Å². The molecule has 1 heterocycles. The monoisotopic (exact) mass is 196 g/mol. The molecule has 4 nitrogen and oxygen atoms in total. The molecule has 0 aliphatic carbocycles.